The van der Waals surface area contributed by atoms with Crippen LogP contribution >= 0.6 is 11.6 Å². The normalized spacial score (nSPS) is 12.3. The van der Waals surface area contributed by atoms with E-state index in [2.05, 4.69) is 10.3 Å². The average Bonchev–Trinajstić information content (AvgIpc) is 3.09. The first-order chi connectivity index (χ1) is 11.8. The average molecular weight is 360 g/mol. The highest BCUT2D eigenvalue weighted by Gasteiger charge is 2.19. The van der Waals surface area contributed by atoms with Crippen LogP contribution in [0.3, 0.4) is 0 Å². The van der Waals surface area contributed by atoms with Crippen molar-refractivity contribution in [1.29, 1.82) is 0 Å². The molecule has 3 rings (SSSR count). The second-order valence-corrected chi connectivity index (χ2v) is 6.39. The maximum atomic E-state index is 12.6. The van der Waals surface area contributed by atoms with Gasteiger partial charge in [-0.1, -0.05) is 17.7 Å². The van der Waals surface area contributed by atoms with Crippen molar-refractivity contribution in [3.05, 3.63) is 52.7 Å². The zero-order valence-corrected chi connectivity index (χ0v) is 14.8. The summed E-state index contributed by atoms with van der Waals surface area (Å²) >= 11 is 6.02. The molecule has 8 heteroatoms. The Morgan fingerprint density at radius 2 is 2.00 bits per heavy atom. The van der Waals surface area contributed by atoms with Crippen molar-refractivity contribution < 1.29 is 9.59 Å². The van der Waals surface area contributed by atoms with E-state index in [1.165, 1.54) is 0 Å². The van der Waals surface area contributed by atoms with Crippen molar-refractivity contribution in [3.63, 3.8) is 0 Å². The van der Waals surface area contributed by atoms with Crippen molar-refractivity contribution >= 4 is 34.3 Å². The molecular weight excluding hydrogens is 342 g/mol. The number of benzene rings is 1. The highest BCUT2D eigenvalue weighted by Crippen LogP contribution is 2.23. The van der Waals surface area contributed by atoms with Crippen molar-refractivity contribution in [2.45, 2.75) is 13.0 Å². The number of nitrogens with one attached hydrogen (secondary N) is 1. The zero-order chi connectivity index (χ0) is 18.3. The molecule has 1 atom stereocenters. The summed E-state index contributed by atoms with van der Waals surface area (Å²) in [5.74, 6) is -0.707. The first-order valence-corrected chi connectivity index (χ1v) is 8.04. The molecule has 0 spiro atoms. The van der Waals surface area contributed by atoms with Gasteiger partial charge >= 0.3 is 0 Å². The van der Waals surface area contributed by atoms with Gasteiger partial charge in [-0.15, -0.1) is 0 Å². The second kappa shape index (κ2) is 6.25. The Kier molecular flexibility index (Phi) is 4.26. The topological polar surface area (TPSA) is 94.9 Å². The second-order valence-electron chi connectivity index (χ2n) is 5.95. The molecule has 2 amide bonds. The number of amides is 2. The third-order valence-corrected chi connectivity index (χ3v) is 4.38. The summed E-state index contributed by atoms with van der Waals surface area (Å²) in [4.78, 5) is 28.1. The lowest BCUT2D eigenvalue weighted by Gasteiger charge is -2.12. The molecule has 7 nitrogen and oxygen atoms in total. The smallest absolute Gasteiger partial charge is 0.284 e. The number of aryl methyl sites for hydroxylation is 2. The van der Waals surface area contributed by atoms with Crippen molar-refractivity contribution in [2.24, 2.45) is 19.8 Å². The molecule has 0 aliphatic heterocycles. The van der Waals surface area contributed by atoms with E-state index in [-0.39, 0.29) is 17.8 Å². The van der Waals surface area contributed by atoms with Gasteiger partial charge in [-0.3, -0.25) is 9.59 Å². The number of hydrogen-bond acceptors (Lipinski definition) is 3. The standard InChI is InChI=1S/C17H18ClN5O2/c1-9(12-8-22(2)16(21-12)15(19)24)20-17(25)14-6-10-4-5-11(18)7-13(10)23(14)3/h4-9H,1-3H3,(H2,19,24)(H,20,25). The van der Waals surface area contributed by atoms with E-state index in [0.29, 0.717) is 16.4 Å². The summed E-state index contributed by atoms with van der Waals surface area (Å²) in [6.45, 7) is 1.80. The summed E-state index contributed by atoms with van der Waals surface area (Å²) in [7, 11) is 3.49. The Labute approximate surface area is 149 Å². The molecule has 0 aliphatic carbocycles. The molecule has 2 heterocycles. The number of carbonyl (C=O) groups excluding carboxylic acids is 2. The van der Waals surface area contributed by atoms with Gasteiger partial charge in [0.05, 0.1) is 11.7 Å². The van der Waals surface area contributed by atoms with Gasteiger partial charge in [0.25, 0.3) is 11.8 Å². The number of carbonyl (C=O) groups is 2. The molecule has 1 aromatic carbocycles. The van der Waals surface area contributed by atoms with E-state index in [9.17, 15) is 9.59 Å². The Bertz CT molecular complexity index is 988. The van der Waals surface area contributed by atoms with E-state index in [1.807, 2.05) is 19.2 Å². The Morgan fingerprint density at radius 1 is 1.28 bits per heavy atom. The molecule has 0 bridgehead atoms. The number of hydrogen-bond donors (Lipinski definition) is 2. The quantitative estimate of drug-likeness (QED) is 0.747. The van der Waals surface area contributed by atoms with E-state index < -0.39 is 5.91 Å². The van der Waals surface area contributed by atoms with Crippen LogP contribution < -0.4 is 11.1 Å². The van der Waals surface area contributed by atoms with Gasteiger partial charge in [0.1, 0.15) is 5.69 Å². The molecule has 2 aromatic heterocycles. The predicted molar refractivity (Wildman–Crippen MR) is 95.5 cm³/mol. The maximum absolute atomic E-state index is 12.6. The van der Waals surface area contributed by atoms with Crippen LogP contribution in [0.2, 0.25) is 5.02 Å². The molecule has 25 heavy (non-hydrogen) atoms. The number of halogens is 1. The molecule has 3 aromatic rings. The number of aromatic nitrogens is 3. The number of nitrogens with zero attached hydrogens (tertiary/aromatic N) is 3. The third kappa shape index (κ3) is 3.10. The fourth-order valence-corrected chi connectivity index (χ4v) is 2.96. The number of imidazole rings is 1. The Morgan fingerprint density at radius 3 is 2.64 bits per heavy atom. The molecule has 1 unspecified atom stereocenters. The molecule has 0 aliphatic rings. The van der Waals surface area contributed by atoms with Crippen LogP contribution in [0.5, 0.6) is 0 Å². The van der Waals surface area contributed by atoms with Crippen LogP contribution in [0.1, 0.15) is 39.8 Å². The molecule has 0 saturated carbocycles. The molecule has 0 fully saturated rings. The van der Waals surface area contributed by atoms with Gasteiger partial charge in [-0.05, 0) is 25.1 Å². The SMILES string of the molecule is CC(NC(=O)c1cc2ccc(Cl)cc2n1C)c1cn(C)c(C(N)=O)n1. The van der Waals surface area contributed by atoms with Crippen LogP contribution in [0.15, 0.2) is 30.5 Å². The van der Waals surface area contributed by atoms with Crippen LogP contribution in [0.4, 0.5) is 0 Å². The van der Waals surface area contributed by atoms with Crippen LogP contribution in [-0.4, -0.2) is 25.9 Å². The monoisotopic (exact) mass is 359 g/mol. The molecule has 0 saturated heterocycles. The predicted octanol–water partition coefficient (Wildman–Crippen LogP) is 2.16. The van der Waals surface area contributed by atoms with Gasteiger partial charge in [0.2, 0.25) is 0 Å². The fraction of sp³-hybridized carbons (Fsp3) is 0.235. The van der Waals surface area contributed by atoms with Crippen molar-refractivity contribution in [2.75, 3.05) is 0 Å². The van der Waals surface area contributed by atoms with Crippen LogP contribution in [0, 0.1) is 0 Å². The lowest BCUT2D eigenvalue weighted by Crippen LogP contribution is -2.28. The highest BCUT2D eigenvalue weighted by atomic mass is 35.5. The maximum Gasteiger partial charge on any atom is 0.284 e. The van der Waals surface area contributed by atoms with Gasteiger partial charge in [-0.2, -0.15) is 0 Å². The summed E-state index contributed by atoms with van der Waals surface area (Å²) in [6.07, 6.45) is 1.67. The summed E-state index contributed by atoms with van der Waals surface area (Å²) in [6, 6.07) is 6.90. The fourth-order valence-electron chi connectivity index (χ4n) is 2.79. The number of rotatable bonds is 4. The summed E-state index contributed by atoms with van der Waals surface area (Å²) in [5.41, 5.74) is 7.22. The lowest BCUT2D eigenvalue weighted by molar-refractivity contribution is 0.0931. The first-order valence-electron chi connectivity index (χ1n) is 7.67. The number of nitrogens with two attached hydrogens (primary N) is 1. The Balaban J connectivity index is 1.86. The van der Waals surface area contributed by atoms with E-state index >= 15 is 0 Å². The molecule has 3 N–H and O–H groups in total. The third-order valence-electron chi connectivity index (χ3n) is 4.15. The van der Waals surface area contributed by atoms with E-state index in [4.69, 9.17) is 17.3 Å². The van der Waals surface area contributed by atoms with Gasteiger partial charge in [0, 0.05) is 36.2 Å². The summed E-state index contributed by atoms with van der Waals surface area (Å²) in [5, 5.41) is 4.43. The Hall–Kier alpha value is -2.80. The first kappa shape index (κ1) is 17.0. The largest absolute Gasteiger partial charge is 0.363 e. The number of primary amides is 1. The minimum Gasteiger partial charge on any atom is -0.363 e. The van der Waals surface area contributed by atoms with Crippen LogP contribution in [0.25, 0.3) is 10.9 Å². The van der Waals surface area contributed by atoms with Gasteiger partial charge in [0.15, 0.2) is 5.82 Å². The van der Waals surface area contributed by atoms with Crippen LogP contribution in [-0.2, 0) is 14.1 Å². The zero-order valence-electron chi connectivity index (χ0n) is 14.1. The van der Waals surface area contributed by atoms with Crippen molar-refractivity contribution in [3.8, 4) is 0 Å². The molecule has 0 radical (unpaired) electrons. The lowest BCUT2D eigenvalue weighted by atomic mass is 10.2. The minimum absolute atomic E-state index is 0.148. The summed E-state index contributed by atoms with van der Waals surface area (Å²) < 4.78 is 3.33. The number of fused-ring (bicyclic) bond motifs is 1. The van der Waals surface area contributed by atoms with Gasteiger partial charge in [-0.25, -0.2) is 4.98 Å². The molecule has 130 valence electrons. The van der Waals surface area contributed by atoms with E-state index in [0.717, 1.165) is 10.9 Å². The van der Waals surface area contributed by atoms with Gasteiger partial charge < -0.3 is 20.2 Å². The van der Waals surface area contributed by atoms with Crippen molar-refractivity contribution in [1.82, 2.24) is 19.4 Å². The minimum atomic E-state index is -0.613. The highest BCUT2D eigenvalue weighted by molar-refractivity contribution is 6.31. The van der Waals surface area contributed by atoms with E-state index in [1.54, 1.807) is 41.4 Å². The molecular formula is C17H18ClN5O2.